The van der Waals surface area contributed by atoms with Crippen molar-refractivity contribution in [2.75, 3.05) is 0 Å². The third-order valence-electron chi connectivity index (χ3n) is 4.03. The van der Waals surface area contributed by atoms with Gasteiger partial charge in [-0.1, -0.05) is 66.7 Å². The molecule has 0 aromatic heterocycles. The Morgan fingerprint density at radius 2 is 1.50 bits per heavy atom. The van der Waals surface area contributed by atoms with Crippen molar-refractivity contribution in [1.29, 1.82) is 0 Å². The van der Waals surface area contributed by atoms with Gasteiger partial charge in [0.2, 0.25) is 0 Å². The lowest BCUT2D eigenvalue weighted by Gasteiger charge is -2.22. The summed E-state index contributed by atoms with van der Waals surface area (Å²) in [5.41, 5.74) is 3.07. The first-order valence-corrected chi connectivity index (χ1v) is 7.82. The van der Waals surface area contributed by atoms with E-state index in [4.69, 9.17) is 0 Å². The van der Waals surface area contributed by atoms with Gasteiger partial charge in [-0.15, -0.1) is 0 Å². The van der Waals surface area contributed by atoms with E-state index in [0.717, 1.165) is 16.7 Å². The van der Waals surface area contributed by atoms with Crippen LogP contribution in [0.25, 0.3) is 0 Å². The molecule has 0 bridgehead atoms. The molecule has 0 saturated carbocycles. The Morgan fingerprint density at radius 3 is 2.21 bits per heavy atom. The third-order valence-corrected chi connectivity index (χ3v) is 4.03. The molecule has 3 aromatic carbocycles. The van der Waals surface area contributed by atoms with Crippen LogP contribution in [0.3, 0.4) is 0 Å². The van der Waals surface area contributed by atoms with Crippen LogP contribution in [0.2, 0.25) is 0 Å². The van der Waals surface area contributed by atoms with E-state index >= 15 is 0 Å². The first-order valence-electron chi connectivity index (χ1n) is 7.82. The van der Waals surface area contributed by atoms with Gasteiger partial charge in [0.1, 0.15) is 5.82 Å². The molecule has 0 aliphatic carbocycles. The molecular weight excluding hydrogens is 301 g/mol. The highest BCUT2D eigenvalue weighted by Gasteiger charge is 2.20. The van der Waals surface area contributed by atoms with Crippen LogP contribution < -0.4 is 5.32 Å². The average Bonchev–Trinajstić information content (AvgIpc) is 2.61. The standard InChI is InChI=1S/C21H18FNO/c1-15-9-5-6-12-17(15)20(16-10-3-2-4-11-16)23-21(24)18-13-7-8-14-19(18)22/h2-14,20H,1H3,(H,23,24). The van der Waals surface area contributed by atoms with Crippen LogP contribution in [0, 0.1) is 12.7 Å². The van der Waals surface area contributed by atoms with Crippen LogP contribution in [0.5, 0.6) is 0 Å². The molecule has 0 aliphatic heterocycles. The van der Waals surface area contributed by atoms with Crippen molar-refractivity contribution >= 4 is 5.91 Å². The number of rotatable bonds is 4. The fourth-order valence-corrected chi connectivity index (χ4v) is 2.75. The Balaban J connectivity index is 1.99. The smallest absolute Gasteiger partial charge is 0.255 e. The van der Waals surface area contributed by atoms with Gasteiger partial charge in [0.25, 0.3) is 5.91 Å². The summed E-state index contributed by atoms with van der Waals surface area (Å²) in [6.07, 6.45) is 0. The van der Waals surface area contributed by atoms with Crippen LogP contribution in [-0.4, -0.2) is 5.91 Å². The molecule has 3 heteroatoms. The van der Waals surface area contributed by atoms with Crippen molar-refractivity contribution in [3.8, 4) is 0 Å². The number of hydrogen-bond donors (Lipinski definition) is 1. The van der Waals surface area contributed by atoms with Gasteiger partial charge in [-0.3, -0.25) is 4.79 Å². The molecule has 120 valence electrons. The van der Waals surface area contributed by atoms with E-state index in [1.54, 1.807) is 12.1 Å². The van der Waals surface area contributed by atoms with Gasteiger partial charge >= 0.3 is 0 Å². The number of carbonyl (C=O) groups is 1. The molecule has 1 atom stereocenters. The monoisotopic (exact) mass is 319 g/mol. The van der Waals surface area contributed by atoms with E-state index in [0.29, 0.717) is 0 Å². The number of aryl methyl sites for hydroxylation is 1. The van der Waals surface area contributed by atoms with Crippen molar-refractivity contribution in [3.05, 3.63) is 107 Å². The normalized spacial score (nSPS) is 11.8. The van der Waals surface area contributed by atoms with E-state index in [2.05, 4.69) is 5.32 Å². The van der Waals surface area contributed by atoms with Crippen molar-refractivity contribution in [3.63, 3.8) is 0 Å². The summed E-state index contributed by atoms with van der Waals surface area (Å²) in [4.78, 5) is 12.6. The molecule has 0 spiro atoms. The minimum absolute atomic E-state index is 0.0482. The van der Waals surface area contributed by atoms with E-state index in [1.807, 2.05) is 61.5 Å². The number of nitrogens with one attached hydrogen (secondary N) is 1. The molecule has 1 unspecified atom stereocenters. The molecule has 1 N–H and O–H groups in total. The minimum Gasteiger partial charge on any atom is -0.341 e. The number of carbonyl (C=O) groups excluding carboxylic acids is 1. The number of halogens is 1. The van der Waals surface area contributed by atoms with Gasteiger partial charge in [-0.2, -0.15) is 0 Å². The molecule has 0 aliphatic rings. The van der Waals surface area contributed by atoms with Gasteiger partial charge < -0.3 is 5.32 Å². The zero-order valence-electron chi connectivity index (χ0n) is 13.4. The summed E-state index contributed by atoms with van der Waals surface area (Å²) >= 11 is 0. The quantitative estimate of drug-likeness (QED) is 0.745. The second-order valence-electron chi connectivity index (χ2n) is 5.65. The Kier molecular flexibility index (Phi) is 4.71. The molecular formula is C21H18FNO. The second-order valence-corrected chi connectivity index (χ2v) is 5.65. The summed E-state index contributed by atoms with van der Waals surface area (Å²) in [5, 5.41) is 2.97. The first kappa shape index (κ1) is 15.9. The lowest BCUT2D eigenvalue weighted by Crippen LogP contribution is -2.30. The molecule has 24 heavy (non-hydrogen) atoms. The Hall–Kier alpha value is -2.94. The summed E-state index contributed by atoms with van der Waals surface area (Å²) in [6.45, 7) is 2.00. The second kappa shape index (κ2) is 7.09. The predicted octanol–water partition coefficient (Wildman–Crippen LogP) is 4.65. The highest BCUT2D eigenvalue weighted by Crippen LogP contribution is 2.25. The summed E-state index contributed by atoms with van der Waals surface area (Å²) in [7, 11) is 0. The molecule has 3 aromatic rings. The first-order chi connectivity index (χ1) is 11.7. The molecule has 0 radical (unpaired) electrons. The van der Waals surface area contributed by atoms with Crippen LogP contribution >= 0.6 is 0 Å². The maximum atomic E-state index is 13.9. The van der Waals surface area contributed by atoms with Crippen molar-refractivity contribution in [1.82, 2.24) is 5.32 Å². The van der Waals surface area contributed by atoms with Gasteiger partial charge in [-0.25, -0.2) is 4.39 Å². The van der Waals surface area contributed by atoms with Crippen LogP contribution in [0.15, 0.2) is 78.9 Å². The molecule has 3 rings (SSSR count). The van der Waals surface area contributed by atoms with Gasteiger partial charge in [-0.05, 0) is 35.7 Å². The van der Waals surface area contributed by atoms with Crippen molar-refractivity contribution < 1.29 is 9.18 Å². The SMILES string of the molecule is Cc1ccccc1C(NC(=O)c1ccccc1F)c1ccccc1. The zero-order chi connectivity index (χ0) is 16.9. The lowest BCUT2D eigenvalue weighted by atomic mass is 9.94. The summed E-state index contributed by atoms with van der Waals surface area (Å²) < 4.78 is 13.9. The van der Waals surface area contributed by atoms with E-state index in [9.17, 15) is 9.18 Å². The Bertz CT molecular complexity index is 845. The molecule has 0 heterocycles. The largest absolute Gasteiger partial charge is 0.341 e. The number of hydrogen-bond acceptors (Lipinski definition) is 1. The highest BCUT2D eigenvalue weighted by molar-refractivity contribution is 5.95. The van der Waals surface area contributed by atoms with E-state index in [1.165, 1.54) is 12.1 Å². The Morgan fingerprint density at radius 1 is 0.875 bits per heavy atom. The number of amides is 1. The van der Waals surface area contributed by atoms with Crippen LogP contribution in [0.1, 0.15) is 33.1 Å². The minimum atomic E-state index is -0.522. The number of benzene rings is 3. The predicted molar refractivity (Wildman–Crippen MR) is 93.3 cm³/mol. The van der Waals surface area contributed by atoms with E-state index in [-0.39, 0.29) is 11.6 Å². The van der Waals surface area contributed by atoms with Gasteiger partial charge in [0, 0.05) is 0 Å². The summed E-state index contributed by atoms with van der Waals surface area (Å²) in [5.74, 6) is -0.947. The Labute approximate surface area is 141 Å². The topological polar surface area (TPSA) is 29.1 Å². The van der Waals surface area contributed by atoms with Gasteiger partial charge in [0.15, 0.2) is 0 Å². The summed E-state index contributed by atoms with van der Waals surface area (Å²) in [6, 6.07) is 23.2. The average molecular weight is 319 g/mol. The lowest BCUT2D eigenvalue weighted by molar-refractivity contribution is 0.0939. The zero-order valence-corrected chi connectivity index (χ0v) is 13.4. The maximum Gasteiger partial charge on any atom is 0.255 e. The highest BCUT2D eigenvalue weighted by atomic mass is 19.1. The van der Waals surface area contributed by atoms with Crippen LogP contribution in [-0.2, 0) is 0 Å². The fraction of sp³-hybridized carbons (Fsp3) is 0.0952. The molecule has 2 nitrogen and oxygen atoms in total. The molecule has 0 saturated heterocycles. The van der Waals surface area contributed by atoms with E-state index < -0.39 is 11.7 Å². The van der Waals surface area contributed by atoms with Crippen molar-refractivity contribution in [2.45, 2.75) is 13.0 Å². The van der Waals surface area contributed by atoms with Crippen LogP contribution in [0.4, 0.5) is 4.39 Å². The van der Waals surface area contributed by atoms with Gasteiger partial charge in [0.05, 0.1) is 11.6 Å². The molecule has 1 amide bonds. The maximum absolute atomic E-state index is 13.9. The molecule has 0 fully saturated rings. The third kappa shape index (κ3) is 3.35. The fourth-order valence-electron chi connectivity index (χ4n) is 2.75. The van der Waals surface area contributed by atoms with Crippen molar-refractivity contribution in [2.24, 2.45) is 0 Å².